The summed E-state index contributed by atoms with van der Waals surface area (Å²) in [5, 5.41) is 0. The topological polar surface area (TPSA) is 46.6 Å². The molecule has 0 N–H and O–H groups in total. The van der Waals surface area contributed by atoms with Gasteiger partial charge < -0.3 is 4.74 Å². The summed E-state index contributed by atoms with van der Waals surface area (Å²) in [5.41, 5.74) is 3.76. The average molecular weight is 401 g/mol. The van der Waals surface area contributed by atoms with E-state index in [1.54, 1.807) is 4.90 Å². The molecule has 1 saturated heterocycles. The van der Waals surface area contributed by atoms with Crippen LogP contribution in [-0.4, -0.2) is 42.5 Å². The van der Waals surface area contributed by atoms with Gasteiger partial charge in [-0.3, -0.25) is 14.5 Å². The van der Waals surface area contributed by atoms with Gasteiger partial charge in [-0.25, -0.2) is 4.39 Å². The molecule has 0 spiro atoms. The number of Topliss-reactive ketones (excluding diaryl/α,β-unsaturated/α-hetero) is 1. The van der Waals surface area contributed by atoms with Gasteiger partial charge in [0.2, 0.25) is 0 Å². The molecule has 0 aromatic heterocycles. The number of fused-ring (bicyclic) bond motifs is 3. The maximum atomic E-state index is 15.1. The van der Waals surface area contributed by atoms with E-state index in [9.17, 15) is 9.59 Å². The summed E-state index contributed by atoms with van der Waals surface area (Å²) in [6.45, 7) is -0.182. The zero-order valence-electron chi connectivity index (χ0n) is 16.4. The van der Waals surface area contributed by atoms with Gasteiger partial charge in [-0.05, 0) is 27.8 Å². The van der Waals surface area contributed by atoms with E-state index in [1.165, 1.54) is 7.11 Å². The maximum absolute atomic E-state index is 15.1. The molecule has 1 aliphatic heterocycles. The number of alkyl halides is 1. The van der Waals surface area contributed by atoms with E-state index in [0.29, 0.717) is 0 Å². The minimum absolute atomic E-state index is 0.182. The van der Waals surface area contributed by atoms with Gasteiger partial charge in [0.15, 0.2) is 12.0 Å². The summed E-state index contributed by atoms with van der Waals surface area (Å²) in [7, 11) is 1.22. The molecule has 0 amide bonds. The van der Waals surface area contributed by atoms with Gasteiger partial charge in [0.05, 0.1) is 19.2 Å². The molecule has 5 heteroatoms. The number of benzene rings is 3. The van der Waals surface area contributed by atoms with Crippen molar-refractivity contribution in [3.63, 3.8) is 0 Å². The molecule has 2 atom stereocenters. The van der Waals surface area contributed by atoms with Gasteiger partial charge in [-0.15, -0.1) is 0 Å². The molecular weight excluding hydrogens is 381 g/mol. The van der Waals surface area contributed by atoms with Crippen LogP contribution in [0, 0.1) is 0 Å². The Balaban J connectivity index is 1.88. The van der Waals surface area contributed by atoms with Crippen LogP contribution in [0.5, 0.6) is 0 Å². The molecule has 0 saturated carbocycles. The molecule has 3 aromatic carbocycles. The van der Waals surface area contributed by atoms with E-state index in [0.717, 1.165) is 27.8 Å². The molecule has 30 heavy (non-hydrogen) atoms. The third-order valence-corrected chi connectivity index (χ3v) is 6.24. The van der Waals surface area contributed by atoms with Gasteiger partial charge in [-0.2, -0.15) is 0 Å². The average Bonchev–Trinajstić information content (AvgIpc) is 3.26. The van der Waals surface area contributed by atoms with Crippen LogP contribution in [0.2, 0.25) is 0 Å². The van der Waals surface area contributed by atoms with Crippen molar-refractivity contribution in [1.29, 1.82) is 0 Å². The molecule has 0 radical (unpaired) electrons. The van der Waals surface area contributed by atoms with E-state index in [-0.39, 0.29) is 6.54 Å². The molecule has 3 aromatic rings. The third-order valence-electron chi connectivity index (χ3n) is 6.24. The fraction of sp³-hybridized carbons (Fsp3) is 0.200. The zero-order chi connectivity index (χ0) is 20.9. The molecule has 2 aliphatic rings. The molecule has 1 fully saturated rings. The van der Waals surface area contributed by atoms with E-state index >= 15 is 4.39 Å². The highest BCUT2D eigenvalue weighted by atomic mass is 19.1. The van der Waals surface area contributed by atoms with Gasteiger partial charge in [-0.1, -0.05) is 78.9 Å². The highest BCUT2D eigenvalue weighted by molar-refractivity contribution is 5.96. The summed E-state index contributed by atoms with van der Waals surface area (Å²) in [4.78, 5) is 26.9. The normalized spacial score (nSPS) is 21.9. The second-order valence-corrected chi connectivity index (χ2v) is 7.63. The standard InChI is InChI=1S/C25H20FNO3/c1-30-24(29)23-22(26)21(28)15-27(23)25(16-9-3-2-4-10-16)19-13-7-5-11-17(19)18-12-6-8-14-20(18)25/h2-14,22-23H,15H2,1H3/t22-,23+/m1/s1. The van der Waals surface area contributed by atoms with Crippen LogP contribution in [0.3, 0.4) is 0 Å². The molecule has 150 valence electrons. The Morgan fingerprint density at radius 3 is 2.03 bits per heavy atom. The largest absolute Gasteiger partial charge is 0.468 e. The Kier molecular flexibility index (Phi) is 4.29. The first-order valence-corrected chi connectivity index (χ1v) is 9.87. The van der Waals surface area contributed by atoms with Gasteiger partial charge >= 0.3 is 5.97 Å². The third kappa shape index (κ3) is 2.36. The molecule has 0 unspecified atom stereocenters. The van der Waals surface area contributed by atoms with Gasteiger partial charge in [0.1, 0.15) is 6.04 Å². The number of nitrogens with zero attached hydrogens (tertiary/aromatic N) is 1. The van der Waals surface area contributed by atoms with Crippen molar-refractivity contribution < 1.29 is 18.7 Å². The first-order valence-electron chi connectivity index (χ1n) is 9.87. The minimum atomic E-state index is -1.93. The Bertz CT molecular complexity index is 1100. The van der Waals surface area contributed by atoms with E-state index in [1.807, 2.05) is 78.9 Å². The summed E-state index contributed by atoms with van der Waals surface area (Å²) in [6, 6.07) is 24.2. The van der Waals surface area contributed by atoms with Crippen molar-refractivity contribution in [2.24, 2.45) is 0 Å². The highest BCUT2D eigenvalue weighted by Crippen LogP contribution is 2.55. The molecule has 0 bridgehead atoms. The summed E-state index contributed by atoms with van der Waals surface area (Å²) in [6.07, 6.45) is -1.93. The fourth-order valence-corrected chi connectivity index (χ4v) is 5.06. The molecule has 1 aliphatic carbocycles. The second-order valence-electron chi connectivity index (χ2n) is 7.63. The number of ketones is 1. The number of hydrogen-bond acceptors (Lipinski definition) is 4. The lowest BCUT2D eigenvalue weighted by molar-refractivity contribution is -0.149. The van der Waals surface area contributed by atoms with Crippen LogP contribution in [0.1, 0.15) is 16.7 Å². The lowest BCUT2D eigenvalue weighted by Crippen LogP contribution is -2.53. The van der Waals surface area contributed by atoms with E-state index in [2.05, 4.69) is 0 Å². The number of esters is 1. The van der Waals surface area contributed by atoms with Crippen molar-refractivity contribution in [1.82, 2.24) is 4.90 Å². The van der Waals surface area contributed by atoms with Gasteiger partial charge in [0, 0.05) is 0 Å². The first kappa shape index (κ1) is 18.7. The fourth-order valence-electron chi connectivity index (χ4n) is 5.06. The predicted molar refractivity (Wildman–Crippen MR) is 111 cm³/mol. The number of methoxy groups -OCH3 is 1. The zero-order valence-corrected chi connectivity index (χ0v) is 16.4. The smallest absolute Gasteiger partial charge is 0.326 e. The van der Waals surface area contributed by atoms with E-state index < -0.39 is 29.5 Å². The SMILES string of the molecule is COC(=O)[C@@H]1[C@H](F)C(=O)CN1C1(c2ccccc2)c2ccccc2-c2ccccc21. The van der Waals surface area contributed by atoms with Crippen LogP contribution >= 0.6 is 0 Å². The van der Waals surface area contributed by atoms with Crippen molar-refractivity contribution in [2.75, 3.05) is 13.7 Å². The van der Waals surface area contributed by atoms with Crippen molar-refractivity contribution >= 4 is 11.8 Å². The maximum Gasteiger partial charge on any atom is 0.326 e. The molecule has 1 heterocycles. The summed E-state index contributed by atoms with van der Waals surface area (Å²) >= 11 is 0. The predicted octanol–water partition coefficient (Wildman–Crippen LogP) is 3.72. The van der Waals surface area contributed by atoms with Gasteiger partial charge in [0.25, 0.3) is 0 Å². The Labute approximate surface area is 173 Å². The summed E-state index contributed by atoms with van der Waals surface area (Å²) in [5.74, 6) is -1.35. The monoisotopic (exact) mass is 401 g/mol. The lowest BCUT2D eigenvalue weighted by Gasteiger charge is -2.43. The number of carbonyl (C=O) groups excluding carboxylic acids is 2. The minimum Gasteiger partial charge on any atom is -0.468 e. The lowest BCUT2D eigenvalue weighted by atomic mass is 9.78. The number of halogens is 1. The number of likely N-dealkylation sites (tertiary alicyclic amines) is 1. The Hall–Kier alpha value is -3.31. The molecular formula is C25H20FNO3. The second kappa shape index (κ2) is 6.89. The van der Waals surface area contributed by atoms with E-state index in [4.69, 9.17) is 4.74 Å². The Morgan fingerprint density at radius 1 is 0.933 bits per heavy atom. The van der Waals surface area contributed by atoms with Crippen LogP contribution in [0.25, 0.3) is 11.1 Å². The highest BCUT2D eigenvalue weighted by Gasteiger charge is 2.59. The summed E-state index contributed by atoms with van der Waals surface area (Å²) < 4.78 is 20.0. The molecule has 4 nitrogen and oxygen atoms in total. The van der Waals surface area contributed by atoms with Crippen LogP contribution in [0.15, 0.2) is 78.9 Å². The number of hydrogen-bond donors (Lipinski definition) is 0. The number of ether oxygens (including phenoxy) is 1. The van der Waals surface area contributed by atoms with Crippen molar-refractivity contribution in [3.8, 4) is 11.1 Å². The first-order chi connectivity index (χ1) is 14.6. The Morgan fingerprint density at radius 2 is 1.47 bits per heavy atom. The van der Waals surface area contributed by atoms with Crippen LogP contribution in [-0.2, 0) is 19.9 Å². The quantitative estimate of drug-likeness (QED) is 0.628. The number of carbonyl (C=O) groups is 2. The van der Waals surface area contributed by atoms with Crippen molar-refractivity contribution in [2.45, 2.75) is 17.8 Å². The van der Waals surface area contributed by atoms with Crippen molar-refractivity contribution in [3.05, 3.63) is 95.6 Å². The van der Waals surface area contributed by atoms with Crippen LogP contribution in [0.4, 0.5) is 4.39 Å². The number of rotatable bonds is 3. The van der Waals surface area contributed by atoms with Crippen LogP contribution < -0.4 is 0 Å². The molecule has 5 rings (SSSR count).